The van der Waals surface area contributed by atoms with Gasteiger partial charge >= 0.3 is 0 Å². The van der Waals surface area contributed by atoms with E-state index in [1.165, 1.54) is 0 Å². The summed E-state index contributed by atoms with van der Waals surface area (Å²) in [4.78, 5) is 19.1. The molecule has 2 fully saturated rings. The number of nitrogens with one attached hydrogen (secondary N) is 1. The van der Waals surface area contributed by atoms with Gasteiger partial charge in [0.1, 0.15) is 5.76 Å². The Labute approximate surface area is 132 Å². The lowest BCUT2D eigenvalue weighted by molar-refractivity contribution is 0.0702. The van der Waals surface area contributed by atoms with Gasteiger partial charge < -0.3 is 19.5 Å². The summed E-state index contributed by atoms with van der Waals surface area (Å²) in [5.41, 5.74) is 1.14. The van der Waals surface area contributed by atoms with Gasteiger partial charge in [-0.3, -0.25) is 9.69 Å². The molecule has 3 rings (SSSR count). The van der Waals surface area contributed by atoms with Gasteiger partial charge in [0.2, 0.25) is 0 Å². The lowest BCUT2D eigenvalue weighted by Gasteiger charge is -2.32. The van der Waals surface area contributed by atoms with Crippen molar-refractivity contribution in [1.29, 1.82) is 0 Å². The summed E-state index contributed by atoms with van der Waals surface area (Å²) >= 11 is 0. The molecule has 2 saturated heterocycles. The van der Waals surface area contributed by atoms with Crippen LogP contribution in [0.4, 0.5) is 0 Å². The van der Waals surface area contributed by atoms with E-state index in [2.05, 4.69) is 22.2 Å². The second-order valence-electron chi connectivity index (χ2n) is 6.31. The van der Waals surface area contributed by atoms with E-state index in [4.69, 9.17) is 4.42 Å². The molecular formula is C16H26N4O2. The fourth-order valence-corrected chi connectivity index (χ4v) is 3.05. The zero-order valence-corrected chi connectivity index (χ0v) is 13.6. The Balaban J connectivity index is 1.64. The number of likely N-dealkylation sites (N-methyl/N-ethyl adjacent to an activating group) is 1. The predicted octanol–water partition coefficient (Wildman–Crippen LogP) is 0.381. The van der Waals surface area contributed by atoms with Crippen molar-refractivity contribution in [3.8, 4) is 0 Å². The molecular weight excluding hydrogens is 280 g/mol. The molecule has 2 aliphatic heterocycles. The number of carbonyl (C=O) groups excluding carboxylic acids is 1. The number of carbonyl (C=O) groups is 1. The van der Waals surface area contributed by atoms with Crippen LogP contribution in [0.3, 0.4) is 0 Å². The smallest absolute Gasteiger partial charge is 0.289 e. The molecule has 1 aromatic heterocycles. The van der Waals surface area contributed by atoms with Crippen molar-refractivity contribution in [3.05, 3.63) is 23.2 Å². The fraction of sp³-hybridized carbons (Fsp3) is 0.688. The average molecular weight is 306 g/mol. The first kappa shape index (κ1) is 15.5. The van der Waals surface area contributed by atoms with Gasteiger partial charge in [0.05, 0.1) is 0 Å². The van der Waals surface area contributed by atoms with Gasteiger partial charge in [0.15, 0.2) is 5.76 Å². The van der Waals surface area contributed by atoms with Crippen molar-refractivity contribution in [2.75, 3.05) is 59.4 Å². The second kappa shape index (κ2) is 6.81. The Morgan fingerprint density at radius 2 is 1.86 bits per heavy atom. The molecule has 0 atom stereocenters. The highest BCUT2D eigenvalue weighted by Crippen LogP contribution is 2.19. The molecule has 6 heteroatoms. The van der Waals surface area contributed by atoms with E-state index in [0.717, 1.165) is 70.2 Å². The highest BCUT2D eigenvalue weighted by molar-refractivity contribution is 5.91. The zero-order valence-electron chi connectivity index (χ0n) is 13.6. The minimum atomic E-state index is 0.0224. The first-order valence-electron chi connectivity index (χ1n) is 8.13. The summed E-state index contributed by atoms with van der Waals surface area (Å²) in [7, 11) is 2.16. The molecule has 0 saturated carbocycles. The number of hydrogen-bond acceptors (Lipinski definition) is 5. The van der Waals surface area contributed by atoms with Gasteiger partial charge in [0, 0.05) is 64.5 Å². The first-order chi connectivity index (χ1) is 10.6. The normalized spacial score (nSPS) is 21.3. The molecule has 0 unspecified atom stereocenters. The second-order valence-corrected chi connectivity index (χ2v) is 6.31. The van der Waals surface area contributed by atoms with Crippen LogP contribution >= 0.6 is 0 Å². The Kier molecular flexibility index (Phi) is 4.81. The highest BCUT2D eigenvalue weighted by Gasteiger charge is 2.23. The summed E-state index contributed by atoms with van der Waals surface area (Å²) in [6.45, 7) is 10.4. The molecule has 1 aromatic rings. The van der Waals surface area contributed by atoms with Crippen LogP contribution in [0.2, 0.25) is 0 Å². The summed E-state index contributed by atoms with van der Waals surface area (Å²) < 4.78 is 5.74. The number of piperazine rings is 2. The van der Waals surface area contributed by atoms with Crippen molar-refractivity contribution < 1.29 is 9.21 Å². The third-order valence-electron chi connectivity index (χ3n) is 4.63. The van der Waals surface area contributed by atoms with E-state index in [0.29, 0.717) is 5.76 Å². The Bertz CT molecular complexity index is 514. The molecule has 0 aliphatic carbocycles. The van der Waals surface area contributed by atoms with Gasteiger partial charge in [-0.15, -0.1) is 0 Å². The maximum absolute atomic E-state index is 12.5. The predicted molar refractivity (Wildman–Crippen MR) is 85.0 cm³/mol. The topological polar surface area (TPSA) is 52.0 Å². The maximum Gasteiger partial charge on any atom is 0.289 e. The number of aryl methyl sites for hydroxylation is 1. The quantitative estimate of drug-likeness (QED) is 0.875. The van der Waals surface area contributed by atoms with Crippen molar-refractivity contribution in [2.45, 2.75) is 13.5 Å². The van der Waals surface area contributed by atoms with Crippen LogP contribution in [0.15, 0.2) is 10.5 Å². The van der Waals surface area contributed by atoms with Gasteiger partial charge in [-0.2, -0.15) is 0 Å². The van der Waals surface area contributed by atoms with Crippen LogP contribution in [0.5, 0.6) is 0 Å². The van der Waals surface area contributed by atoms with Crippen LogP contribution < -0.4 is 5.32 Å². The van der Waals surface area contributed by atoms with Crippen LogP contribution in [-0.2, 0) is 6.54 Å². The summed E-state index contributed by atoms with van der Waals surface area (Å²) in [6, 6.07) is 1.94. The van der Waals surface area contributed by atoms with Gasteiger partial charge in [-0.05, 0) is 20.0 Å². The molecule has 122 valence electrons. The molecule has 22 heavy (non-hydrogen) atoms. The van der Waals surface area contributed by atoms with E-state index in [-0.39, 0.29) is 5.91 Å². The van der Waals surface area contributed by atoms with Crippen LogP contribution in [0.25, 0.3) is 0 Å². The SMILES string of the molecule is Cc1oc(C(=O)N2CCNCC2)cc1CN1CCN(C)CC1. The Morgan fingerprint density at radius 3 is 2.55 bits per heavy atom. The lowest BCUT2D eigenvalue weighted by Crippen LogP contribution is -2.46. The van der Waals surface area contributed by atoms with E-state index in [1.54, 1.807) is 0 Å². The summed E-state index contributed by atoms with van der Waals surface area (Å²) in [6.07, 6.45) is 0. The molecule has 0 radical (unpaired) electrons. The highest BCUT2D eigenvalue weighted by atomic mass is 16.4. The lowest BCUT2D eigenvalue weighted by atomic mass is 10.2. The molecule has 1 amide bonds. The largest absolute Gasteiger partial charge is 0.456 e. The maximum atomic E-state index is 12.5. The molecule has 2 aliphatic rings. The van der Waals surface area contributed by atoms with Crippen LogP contribution in [0, 0.1) is 6.92 Å². The minimum Gasteiger partial charge on any atom is -0.456 e. The third kappa shape index (κ3) is 3.51. The van der Waals surface area contributed by atoms with E-state index < -0.39 is 0 Å². The molecule has 0 spiro atoms. The number of amides is 1. The number of furan rings is 1. The molecule has 3 heterocycles. The summed E-state index contributed by atoms with van der Waals surface area (Å²) in [5, 5.41) is 3.26. The molecule has 1 N–H and O–H groups in total. The van der Waals surface area contributed by atoms with Gasteiger partial charge in [0.25, 0.3) is 5.91 Å². The Hall–Kier alpha value is -1.37. The van der Waals surface area contributed by atoms with E-state index in [1.807, 2.05) is 17.9 Å². The van der Waals surface area contributed by atoms with E-state index >= 15 is 0 Å². The van der Waals surface area contributed by atoms with Crippen molar-refractivity contribution in [3.63, 3.8) is 0 Å². The average Bonchev–Trinajstić information content (AvgIpc) is 2.91. The molecule has 0 aromatic carbocycles. The van der Waals surface area contributed by atoms with Gasteiger partial charge in [-0.25, -0.2) is 0 Å². The molecule has 0 bridgehead atoms. The first-order valence-corrected chi connectivity index (χ1v) is 8.13. The molecule has 6 nitrogen and oxygen atoms in total. The fourth-order valence-electron chi connectivity index (χ4n) is 3.05. The van der Waals surface area contributed by atoms with Crippen molar-refractivity contribution in [2.24, 2.45) is 0 Å². The van der Waals surface area contributed by atoms with Gasteiger partial charge in [-0.1, -0.05) is 0 Å². The number of rotatable bonds is 3. The zero-order chi connectivity index (χ0) is 15.5. The number of nitrogens with zero attached hydrogens (tertiary/aromatic N) is 3. The standard InChI is InChI=1S/C16H26N4O2/c1-13-14(12-19-9-7-18(2)8-10-19)11-15(22-13)16(21)20-5-3-17-4-6-20/h11,17H,3-10,12H2,1-2H3. The minimum absolute atomic E-state index is 0.0224. The third-order valence-corrected chi connectivity index (χ3v) is 4.63. The monoisotopic (exact) mass is 306 g/mol. The summed E-state index contributed by atoms with van der Waals surface area (Å²) in [5.74, 6) is 1.38. The van der Waals surface area contributed by atoms with E-state index in [9.17, 15) is 4.79 Å². The number of hydrogen-bond donors (Lipinski definition) is 1. The van der Waals surface area contributed by atoms with Crippen LogP contribution in [0.1, 0.15) is 21.9 Å². The van der Waals surface area contributed by atoms with Crippen molar-refractivity contribution >= 4 is 5.91 Å². The van der Waals surface area contributed by atoms with Crippen molar-refractivity contribution in [1.82, 2.24) is 20.0 Å². The Morgan fingerprint density at radius 1 is 1.18 bits per heavy atom. The van der Waals surface area contributed by atoms with Crippen LogP contribution in [-0.4, -0.2) is 80.0 Å².